The molecule has 0 unspecified atom stereocenters. The van der Waals surface area contributed by atoms with Crippen molar-refractivity contribution in [3.8, 4) is 0 Å². The minimum Gasteiger partial charge on any atom is -0.480 e. The molecule has 2 atom stereocenters. The highest BCUT2D eigenvalue weighted by atomic mass is 16.4. The van der Waals surface area contributed by atoms with Gasteiger partial charge in [-0.15, -0.1) is 0 Å². The third-order valence-corrected chi connectivity index (χ3v) is 3.23. The predicted molar refractivity (Wildman–Crippen MR) is 66.3 cm³/mol. The topological polar surface area (TPSA) is 90.7 Å². The second-order valence-corrected chi connectivity index (χ2v) is 4.65. The van der Waals surface area contributed by atoms with Crippen molar-refractivity contribution in [2.24, 2.45) is 0 Å². The second kappa shape index (κ2) is 5.79. The van der Waals surface area contributed by atoms with Gasteiger partial charge in [-0.25, -0.2) is 4.79 Å². The van der Waals surface area contributed by atoms with Crippen LogP contribution in [0.15, 0.2) is 24.5 Å². The van der Waals surface area contributed by atoms with Crippen molar-refractivity contribution in [1.29, 1.82) is 0 Å². The van der Waals surface area contributed by atoms with Crippen LogP contribution in [0.25, 0.3) is 0 Å². The first-order valence-electron chi connectivity index (χ1n) is 6.17. The van der Waals surface area contributed by atoms with Gasteiger partial charge < -0.3 is 15.1 Å². The van der Waals surface area contributed by atoms with Crippen LogP contribution in [0.3, 0.4) is 0 Å². The molecule has 1 aliphatic heterocycles. The molecule has 1 fully saturated rings. The molecule has 19 heavy (non-hydrogen) atoms. The highest BCUT2D eigenvalue weighted by molar-refractivity contribution is 5.84. The zero-order valence-electron chi connectivity index (χ0n) is 10.4. The Labute approximate surface area is 110 Å². The molecule has 1 amide bonds. The Morgan fingerprint density at radius 3 is 2.89 bits per heavy atom. The minimum absolute atomic E-state index is 0.100. The number of hydrogen-bond acceptors (Lipinski definition) is 4. The number of aliphatic hydroxyl groups is 1. The number of aromatic nitrogens is 1. The van der Waals surface area contributed by atoms with E-state index in [0.717, 1.165) is 5.56 Å². The predicted octanol–water partition coefficient (Wildman–Crippen LogP) is 0.0606. The van der Waals surface area contributed by atoms with E-state index in [1.807, 2.05) is 6.07 Å². The number of aliphatic hydroxyl groups excluding tert-OH is 1. The number of carbonyl (C=O) groups excluding carboxylic acids is 1. The second-order valence-electron chi connectivity index (χ2n) is 4.65. The SMILES string of the molecule is O=C(O)[C@@H]1C[C@H](O)CN1C(=O)CCc1cccnc1. The van der Waals surface area contributed by atoms with Crippen LogP contribution in [0.4, 0.5) is 0 Å². The molecular formula is C13H16N2O4. The van der Waals surface area contributed by atoms with Crippen LogP contribution in [-0.4, -0.2) is 50.7 Å². The van der Waals surface area contributed by atoms with Gasteiger partial charge in [-0.2, -0.15) is 0 Å². The maximum atomic E-state index is 12.0. The molecule has 0 aromatic carbocycles. The van der Waals surface area contributed by atoms with Gasteiger partial charge in [0.25, 0.3) is 0 Å². The molecule has 0 bridgehead atoms. The lowest BCUT2D eigenvalue weighted by atomic mass is 10.1. The molecule has 2 N–H and O–H groups in total. The number of β-amino-alcohol motifs (C(OH)–C–C–N with tert-alkyl or cyclic N) is 1. The average Bonchev–Trinajstić information content (AvgIpc) is 2.79. The number of nitrogens with zero attached hydrogens (tertiary/aromatic N) is 2. The van der Waals surface area contributed by atoms with Gasteiger partial charge >= 0.3 is 5.97 Å². The smallest absolute Gasteiger partial charge is 0.326 e. The van der Waals surface area contributed by atoms with Crippen molar-refractivity contribution in [2.45, 2.75) is 31.4 Å². The molecule has 1 aromatic heterocycles. The number of likely N-dealkylation sites (tertiary alicyclic amines) is 1. The molecular weight excluding hydrogens is 248 g/mol. The van der Waals surface area contributed by atoms with E-state index in [0.29, 0.717) is 6.42 Å². The Kier molecular flexibility index (Phi) is 4.11. The number of carboxylic acid groups (broad SMARTS) is 1. The number of pyridine rings is 1. The molecule has 1 saturated heterocycles. The first-order chi connectivity index (χ1) is 9.08. The fourth-order valence-corrected chi connectivity index (χ4v) is 2.26. The van der Waals surface area contributed by atoms with E-state index >= 15 is 0 Å². The van der Waals surface area contributed by atoms with E-state index in [9.17, 15) is 14.7 Å². The highest BCUT2D eigenvalue weighted by Crippen LogP contribution is 2.19. The van der Waals surface area contributed by atoms with Gasteiger partial charge in [0.05, 0.1) is 6.10 Å². The summed E-state index contributed by atoms with van der Waals surface area (Å²) in [4.78, 5) is 28.2. The zero-order chi connectivity index (χ0) is 13.8. The summed E-state index contributed by atoms with van der Waals surface area (Å²) in [6, 6.07) is 2.75. The number of rotatable bonds is 4. The highest BCUT2D eigenvalue weighted by Gasteiger charge is 2.38. The van der Waals surface area contributed by atoms with E-state index in [1.54, 1.807) is 18.5 Å². The molecule has 0 spiro atoms. The van der Waals surface area contributed by atoms with Crippen LogP contribution < -0.4 is 0 Å². The first kappa shape index (κ1) is 13.5. The number of hydrogen-bond donors (Lipinski definition) is 2. The van der Waals surface area contributed by atoms with Gasteiger partial charge in [-0.3, -0.25) is 9.78 Å². The molecule has 6 nitrogen and oxygen atoms in total. The minimum atomic E-state index is -1.06. The lowest BCUT2D eigenvalue weighted by molar-refractivity contribution is -0.148. The van der Waals surface area contributed by atoms with Crippen molar-refractivity contribution >= 4 is 11.9 Å². The van der Waals surface area contributed by atoms with Crippen molar-refractivity contribution in [1.82, 2.24) is 9.88 Å². The fraction of sp³-hybridized carbons (Fsp3) is 0.462. The third kappa shape index (κ3) is 3.29. The summed E-state index contributed by atoms with van der Waals surface area (Å²) in [6.07, 6.45) is 3.44. The fourth-order valence-electron chi connectivity index (χ4n) is 2.26. The van der Waals surface area contributed by atoms with Gasteiger partial charge in [-0.1, -0.05) is 6.07 Å². The molecule has 0 aliphatic carbocycles. The Balaban J connectivity index is 1.94. The van der Waals surface area contributed by atoms with Crippen molar-refractivity contribution in [3.05, 3.63) is 30.1 Å². The lowest BCUT2D eigenvalue weighted by Crippen LogP contribution is -2.40. The van der Waals surface area contributed by atoms with Crippen LogP contribution in [0.2, 0.25) is 0 Å². The van der Waals surface area contributed by atoms with Gasteiger partial charge in [-0.05, 0) is 18.1 Å². The number of aliphatic carboxylic acids is 1. The van der Waals surface area contributed by atoms with E-state index in [2.05, 4.69) is 4.98 Å². The van der Waals surface area contributed by atoms with E-state index in [4.69, 9.17) is 5.11 Å². The molecule has 1 aliphatic rings. The first-order valence-corrected chi connectivity index (χ1v) is 6.17. The van der Waals surface area contributed by atoms with Gasteiger partial charge in [0.1, 0.15) is 6.04 Å². The largest absolute Gasteiger partial charge is 0.480 e. The van der Waals surface area contributed by atoms with Crippen LogP contribution in [0, 0.1) is 0 Å². The summed E-state index contributed by atoms with van der Waals surface area (Å²) in [5, 5.41) is 18.5. The van der Waals surface area contributed by atoms with Crippen molar-refractivity contribution in [2.75, 3.05) is 6.54 Å². The monoisotopic (exact) mass is 264 g/mol. The molecule has 6 heteroatoms. The van der Waals surface area contributed by atoms with Gasteiger partial charge in [0, 0.05) is 31.8 Å². The zero-order valence-corrected chi connectivity index (χ0v) is 10.4. The van der Waals surface area contributed by atoms with Crippen LogP contribution in [0.5, 0.6) is 0 Å². The lowest BCUT2D eigenvalue weighted by Gasteiger charge is -2.21. The maximum Gasteiger partial charge on any atom is 0.326 e. The Bertz CT molecular complexity index is 463. The summed E-state index contributed by atoms with van der Waals surface area (Å²) < 4.78 is 0. The molecule has 1 aromatic rings. The quantitative estimate of drug-likeness (QED) is 0.802. The number of aryl methyl sites for hydroxylation is 1. The Morgan fingerprint density at radius 2 is 2.26 bits per heavy atom. The Hall–Kier alpha value is -1.95. The van der Waals surface area contributed by atoms with Crippen LogP contribution in [-0.2, 0) is 16.0 Å². The summed E-state index contributed by atoms with van der Waals surface area (Å²) in [5.74, 6) is -1.31. The molecule has 0 saturated carbocycles. The van der Waals surface area contributed by atoms with E-state index in [1.165, 1.54) is 4.90 Å². The van der Waals surface area contributed by atoms with E-state index < -0.39 is 18.1 Å². The molecule has 2 rings (SSSR count). The van der Waals surface area contributed by atoms with Crippen molar-refractivity contribution < 1.29 is 19.8 Å². The van der Waals surface area contributed by atoms with Gasteiger partial charge in [0.15, 0.2) is 0 Å². The summed E-state index contributed by atoms with van der Waals surface area (Å²) in [5.41, 5.74) is 0.933. The summed E-state index contributed by atoms with van der Waals surface area (Å²) in [6.45, 7) is 0.100. The molecule has 102 valence electrons. The maximum absolute atomic E-state index is 12.0. The standard InChI is InChI=1S/C13H16N2O4/c16-10-6-11(13(18)19)15(8-10)12(17)4-3-9-2-1-5-14-7-9/h1-2,5,7,10-11,16H,3-4,6,8H2,(H,18,19)/t10-,11-/m0/s1. The van der Waals surface area contributed by atoms with Gasteiger partial charge in [0.2, 0.25) is 5.91 Å². The van der Waals surface area contributed by atoms with Crippen molar-refractivity contribution in [3.63, 3.8) is 0 Å². The number of amides is 1. The molecule has 2 heterocycles. The number of carboxylic acids is 1. The Morgan fingerprint density at radius 1 is 1.47 bits per heavy atom. The van der Waals surface area contributed by atoms with Crippen LogP contribution in [0.1, 0.15) is 18.4 Å². The average molecular weight is 264 g/mol. The third-order valence-electron chi connectivity index (χ3n) is 3.23. The summed E-state index contributed by atoms with van der Waals surface area (Å²) >= 11 is 0. The number of carbonyl (C=O) groups is 2. The van der Waals surface area contributed by atoms with Crippen LogP contribution >= 0.6 is 0 Å². The van der Waals surface area contributed by atoms with E-state index in [-0.39, 0.29) is 25.3 Å². The normalized spacial score (nSPS) is 22.5. The summed E-state index contributed by atoms with van der Waals surface area (Å²) in [7, 11) is 0. The molecule has 0 radical (unpaired) electrons.